The second-order valence-electron chi connectivity index (χ2n) is 3.02. The summed E-state index contributed by atoms with van der Waals surface area (Å²) in [6.07, 6.45) is -5.37. The molecule has 15 heavy (non-hydrogen) atoms. The van der Waals surface area contributed by atoms with Crippen LogP contribution in [0.2, 0.25) is 0 Å². The molecule has 0 spiro atoms. The Balaban J connectivity index is 0.00000196. The third-order valence-corrected chi connectivity index (χ3v) is 1.75. The van der Waals surface area contributed by atoms with Crippen LogP contribution >= 0.6 is 12.4 Å². The smallest absolute Gasteiger partial charge is 0.390 e. The summed E-state index contributed by atoms with van der Waals surface area (Å²) in [7, 11) is 0. The predicted molar refractivity (Wildman–Crippen MR) is 53.0 cm³/mol. The number of nitrogens with two attached hydrogens (primary N) is 1. The quantitative estimate of drug-likeness (QED) is 0.836. The molecule has 1 aromatic carbocycles. The lowest BCUT2D eigenvalue weighted by molar-refractivity contribution is -0.138. The zero-order chi connectivity index (χ0) is 10.8. The van der Waals surface area contributed by atoms with Crippen molar-refractivity contribution in [3.05, 3.63) is 29.8 Å². The molecule has 1 atom stereocenters. The molecule has 3 N–H and O–H groups in total. The van der Waals surface area contributed by atoms with Crippen molar-refractivity contribution in [2.24, 2.45) is 5.73 Å². The second kappa shape index (κ2) is 5.23. The highest BCUT2D eigenvalue weighted by Gasteiger charge is 2.30. The van der Waals surface area contributed by atoms with Gasteiger partial charge in [0.05, 0.1) is 6.42 Å². The number of alkyl halides is 3. The number of phenols is 1. The molecule has 0 aromatic heterocycles. The second-order valence-corrected chi connectivity index (χ2v) is 3.02. The average Bonchev–Trinajstić information content (AvgIpc) is 2.01. The first kappa shape index (κ1) is 14.1. The Morgan fingerprint density at radius 1 is 1.33 bits per heavy atom. The normalized spacial score (nSPS) is 13.1. The third-order valence-electron chi connectivity index (χ3n) is 1.75. The molecule has 0 saturated heterocycles. The van der Waals surface area contributed by atoms with Crippen LogP contribution < -0.4 is 5.73 Å². The van der Waals surface area contributed by atoms with E-state index < -0.39 is 18.6 Å². The highest BCUT2D eigenvalue weighted by molar-refractivity contribution is 5.85. The molecule has 0 saturated carbocycles. The Labute approximate surface area is 91.3 Å². The summed E-state index contributed by atoms with van der Waals surface area (Å²) in [6.45, 7) is 0. The van der Waals surface area contributed by atoms with Gasteiger partial charge in [-0.25, -0.2) is 0 Å². The van der Waals surface area contributed by atoms with Gasteiger partial charge in [0.1, 0.15) is 5.75 Å². The van der Waals surface area contributed by atoms with Gasteiger partial charge >= 0.3 is 6.18 Å². The zero-order valence-electron chi connectivity index (χ0n) is 7.66. The van der Waals surface area contributed by atoms with Gasteiger partial charge in [0.15, 0.2) is 0 Å². The van der Waals surface area contributed by atoms with Crippen LogP contribution in [0.25, 0.3) is 0 Å². The highest BCUT2D eigenvalue weighted by atomic mass is 35.5. The van der Waals surface area contributed by atoms with Gasteiger partial charge in [0.2, 0.25) is 0 Å². The molecule has 86 valence electrons. The fourth-order valence-electron chi connectivity index (χ4n) is 1.12. The number of rotatable bonds is 2. The van der Waals surface area contributed by atoms with E-state index in [9.17, 15) is 13.2 Å². The van der Waals surface area contributed by atoms with E-state index in [0.717, 1.165) is 0 Å². The number of halogens is 4. The van der Waals surface area contributed by atoms with Crippen molar-refractivity contribution >= 4 is 12.4 Å². The monoisotopic (exact) mass is 241 g/mol. The molecule has 0 unspecified atom stereocenters. The topological polar surface area (TPSA) is 46.2 Å². The Morgan fingerprint density at radius 3 is 2.40 bits per heavy atom. The summed E-state index contributed by atoms with van der Waals surface area (Å²) in [5.74, 6) is -0.0832. The largest absolute Gasteiger partial charge is 0.508 e. The number of aromatic hydroxyl groups is 1. The van der Waals surface area contributed by atoms with E-state index in [4.69, 9.17) is 10.8 Å². The lowest BCUT2D eigenvalue weighted by atomic mass is 10.0. The Morgan fingerprint density at radius 2 is 1.93 bits per heavy atom. The lowest BCUT2D eigenvalue weighted by Crippen LogP contribution is -2.20. The van der Waals surface area contributed by atoms with E-state index in [2.05, 4.69) is 0 Å². The van der Waals surface area contributed by atoms with E-state index in [1.807, 2.05) is 0 Å². The fraction of sp³-hybridized carbons (Fsp3) is 0.333. The zero-order valence-corrected chi connectivity index (χ0v) is 8.48. The van der Waals surface area contributed by atoms with Gasteiger partial charge < -0.3 is 10.8 Å². The minimum atomic E-state index is -4.29. The van der Waals surface area contributed by atoms with Crippen LogP contribution in [0.4, 0.5) is 13.2 Å². The Kier molecular flexibility index (Phi) is 4.90. The summed E-state index contributed by atoms with van der Waals surface area (Å²) in [4.78, 5) is 0. The van der Waals surface area contributed by atoms with Crippen LogP contribution in [0, 0.1) is 0 Å². The third kappa shape index (κ3) is 4.90. The van der Waals surface area contributed by atoms with E-state index in [1.165, 1.54) is 24.3 Å². The molecular formula is C9H11ClF3NO. The number of phenolic OH excluding ortho intramolecular Hbond substituents is 1. The first-order valence-corrected chi connectivity index (χ1v) is 4.00. The van der Waals surface area contributed by atoms with Crippen LogP contribution in [-0.4, -0.2) is 11.3 Å². The summed E-state index contributed by atoms with van der Waals surface area (Å²) in [6, 6.07) is 4.40. The molecule has 0 bridgehead atoms. The summed E-state index contributed by atoms with van der Waals surface area (Å²) in [5, 5.41) is 9.02. The molecule has 0 aliphatic carbocycles. The maximum Gasteiger partial charge on any atom is 0.390 e. The molecular weight excluding hydrogens is 231 g/mol. The number of benzene rings is 1. The van der Waals surface area contributed by atoms with Gasteiger partial charge in [-0.15, -0.1) is 12.4 Å². The summed E-state index contributed by atoms with van der Waals surface area (Å²) in [5.41, 5.74) is 5.60. The van der Waals surface area contributed by atoms with Gasteiger partial charge in [0.25, 0.3) is 0 Å². The van der Waals surface area contributed by atoms with Crippen molar-refractivity contribution in [2.75, 3.05) is 0 Å². The number of hydrogen-bond acceptors (Lipinski definition) is 2. The molecule has 2 nitrogen and oxygen atoms in total. The molecule has 1 aromatic rings. The van der Waals surface area contributed by atoms with E-state index in [-0.39, 0.29) is 23.7 Å². The predicted octanol–water partition coefficient (Wildman–Crippen LogP) is 2.77. The van der Waals surface area contributed by atoms with Crippen molar-refractivity contribution in [3.8, 4) is 5.75 Å². The van der Waals surface area contributed by atoms with E-state index >= 15 is 0 Å². The van der Waals surface area contributed by atoms with Crippen LogP contribution in [-0.2, 0) is 0 Å². The molecule has 0 fully saturated rings. The molecule has 0 radical (unpaired) electrons. The fourth-order valence-corrected chi connectivity index (χ4v) is 1.12. The van der Waals surface area contributed by atoms with Gasteiger partial charge in [-0.3, -0.25) is 0 Å². The van der Waals surface area contributed by atoms with E-state index in [1.54, 1.807) is 0 Å². The molecule has 0 aliphatic heterocycles. The first-order chi connectivity index (χ1) is 6.38. The van der Waals surface area contributed by atoms with Gasteiger partial charge in [-0.2, -0.15) is 13.2 Å². The Hall–Kier alpha value is -0.940. The SMILES string of the molecule is Cl.N[C@@H](CC(F)(F)F)c1cccc(O)c1. The summed E-state index contributed by atoms with van der Waals surface area (Å²) >= 11 is 0. The van der Waals surface area contributed by atoms with Gasteiger partial charge in [-0.05, 0) is 17.7 Å². The standard InChI is InChI=1S/C9H10F3NO.ClH/c10-9(11,12)5-8(13)6-2-1-3-7(14)4-6;/h1-4,8,14H,5,13H2;1H/t8-;/m0./s1. The van der Waals surface area contributed by atoms with Gasteiger partial charge in [-0.1, -0.05) is 12.1 Å². The van der Waals surface area contributed by atoms with Crippen molar-refractivity contribution < 1.29 is 18.3 Å². The van der Waals surface area contributed by atoms with Crippen molar-refractivity contribution in [1.82, 2.24) is 0 Å². The van der Waals surface area contributed by atoms with E-state index in [0.29, 0.717) is 0 Å². The van der Waals surface area contributed by atoms with Crippen molar-refractivity contribution in [3.63, 3.8) is 0 Å². The maximum atomic E-state index is 11.9. The first-order valence-electron chi connectivity index (χ1n) is 4.00. The molecule has 1 rings (SSSR count). The van der Waals surface area contributed by atoms with Crippen molar-refractivity contribution in [2.45, 2.75) is 18.6 Å². The summed E-state index contributed by atoms with van der Waals surface area (Å²) < 4.78 is 35.8. The minimum Gasteiger partial charge on any atom is -0.508 e. The molecule has 6 heteroatoms. The minimum absolute atomic E-state index is 0. The Bertz CT molecular complexity index is 316. The van der Waals surface area contributed by atoms with Gasteiger partial charge in [0, 0.05) is 6.04 Å². The molecule has 0 heterocycles. The van der Waals surface area contributed by atoms with Crippen LogP contribution in [0.5, 0.6) is 5.75 Å². The average molecular weight is 242 g/mol. The molecule has 0 amide bonds. The van der Waals surface area contributed by atoms with Crippen LogP contribution in [0.3, 0.4) is 0 Å². The van der Waals surface area contributed by atoms with Crippen LogP contribution in [0.1, 0.15) is 18.0 Å². The highest BCUT2D eigenvalue weighted by Crippen LogP contribution is 2.28. The van der Waals surface area contributed by atoms with Crippen LogP contribution in [0.15, 0.2) is 24.3 Å². The lowest BCUT2D eigenvalue weighted by Gasteiger charge is -2.14. The molecule has 0 aliphatic rings. The van der Waals surface area contributed by atoms with Crippen molar-refractivity contribution in [1.29, 1.82) is 0 Å². The maximum absolute atomic E-state index is 11.9. The number of hydrogen-bond donors (Lipinski definition) is 2.